The van der Waals surface area contributed by atoms with Crippen molar-refractivity contribution in [3.05, 3.63) is 35.9 Å². The third-order valence-electron chi connectivity index (χ3n) is 5.42. The number of fused-ring (bicyclic) bond motifs is 1. The van der Waals surface area contributed by atoms with E-state index in [-0.39, 0.29) is 87.8 Å². The Morgan fingerprint density at radius 1 is 1.04 bits per heavy atom. The van der Waals surface area contributed by atoms with Gasteiger partial charge in [-0.2, -0.15) is 0 Å². The molecule has 4 nitrogen and oxygen atoms in total. The first kappa shape index (κ1) is 23.7. The van der Waals surface area contributed by atoms with Crippen LogP contribution in [0.4, 0.5) is 0 Å². The van der Waals surface area contributed by atoms with Crippen LogP contribution in [0.15, 0.2) is 30.3 Å². The summed E-state index contributed by atoms with van der Waals surface area (Å²) >= 11 is 0. The molecule has 1 aromatic carbocycles. The van der Waals surface area contributed by atoms with E-state index in [0.717, 1.165) is 18.7 Å². The van der Waals surface area contributed by atoms with Crippen LogP contribution in [-0.4, -0.2) is 110 Å². The van der Waals surface area contributed by atoms with Gasteiger partial charge in [-0.15, -0.1) is 0 Å². The minimum absolute atomic E-state index is 0. The number of benzene rings is 1. The van der Waals surface area contributed by atoms with Crippen LogP contribution in [0, 0.1) is 17.8 Å². The van der Waals surface area contributed by atoms with E-state index in [0.29, 0.717) is 18.3 Å². The van der Waals surface area contributed by atoms with Gasteiger partial charge in [0, 0.05) is 19.5 Å². The molecule has 2 aliphatic rings. The Morgan fingerprint density at radius 3 is 2.12 bits per heavy atom. The molecule has 1 saturated carbocycles. The summed E-state index contributed by atoms with van der Waals surface area (Å²) in [6, 6.07) is 9.56. The smallest absolute Gasteiger partial charge is 0.481 e. The number of aliphatic carboxylic acids is 1. The second kappa shape index (κ2) is 11.5. The van der Waals surface area contributed by atoms with E-state index in [4.69, 9.17) is 0 Å². The van der Waals surface area contributed by atoms with E-state index in [1.54, 1.807) is 0 Å². The Bertz CT molecular complexity index is 553. The van der Waals surface area contributed by atoms with Crippen LogP contribution in [0.25, 0.3) is 0 Å². The van der Waals surface area contributed by atoms with Gasteiger partial charge in [-0.25, -0.2) is 0 Å². The molecule has 1 aliphatic heterocycles. The molecule has 3 atom stereocenters. The summed E-state index contributed by atoms with van der Waals surface area (Å²) in [5, 5.41) is 9.46. The van der Waals surface area contributed by atoms with Crippen LogP contribution in [0.1, 0.15) is 37.7 Å². The van der Waals surface area contributed by atoms with Crippen LogP contribution in [0.2, 0.25) is 0 Å². The maximum Gasteiger partial charge on any atom is 2.00 e. The third-order valence-corrected chi connectivity index (χ3v) is 5.42. The monoisotopic (exact) mass is 395 g/mol. The van der Waals surface area contributed by atoms with Gasteiger partial charge in [0.05, 0.1) is 5.92 Å². The van der Waals surface area contributed by atoms with Crippen molar-refractivity contribution >= 4 is 87.4 Å². The number of carboxylic acids is 1. The quantitative estimate of drug-likeness (QED) is 0.778. The Balaban J connectivity index is 0.00000156. The van der Waals surface area contributed by atoms with Gasteiger partial charge >= 0.3 is 81.4 Å². The molecule has 0 aromatic heterocycles. The minimum atomic E-state index is -0.876. The molecule has 1 amide bonds. The predicted octanol–water partition coefficient (Wildman–Crippen LogP) is 2.21. The number of carbonyl (C=O) groups is 2. The molecule has 124 valence electrons. The average Bonchev–Trinajstić information content (AvgIpc) is 2.99. The molecule has 1 saturated heterocycles. The summed E-state index contributed by atoms with van der Waals surface area (Å²) in [5.74, 6) is -0.204. The molecule has 0 spiro atoms. The van der Waals surface area contributed by atoms with Crippen molar-refractivity contribution < 1.29 is 14.7 Å². The van der Waals surface area contributed by atoms with Crippen LogP contribution in [0.5, 0.6) is 0 Å². The molecule has 2 fully saturated rings. The molecular formula is C19H25Ca2NO3+4. The Hall–Kier alpha value is 0.679. The second-order valence-corrected chi connectivity index (χ2v) is 7.03. The van der Waals surface area contributed by atoms with Crippen LogP contribution in [-0.2, 0) is 16.0 Å². The van der Waals surface area contributed by atoms with E-state index in [1.807, 2.05) is 35.2 Å². The van der Waals surface area contributed by atoms with Gasteiger partial charge in [0.1, 0.15) is 0 Å². The molecule has 1 aliphatic carbocycles. The normalized spacial score (nSPS) is 23.0. The fraction of sp³-hybridized carbons (Fsp3) is 0.579. The van der Waals surface area contributed by atoms with Gasteiger partial charge in [0.2, 0.25) is 5.91 Å². The Labute approximate surface area is 209 Å². The zero-order chi connectivity index (χ0) is 16.2. The van der Waals surface area contributed by atoms with Crippen LogP contribution < -0.4 is 0 Å². The third kappa shape index (κ3) is 6.65. The van der Waals surface area contributed by atoms with Gasteiger partial charge in [0.15, 0.2) is 0 Å². The predicted molar refractivity (Wildman–Crippen MR) is 99.4 cm³/mol. The fourth-order valence-electron chi connectivity index (χ4n) is 4.09. The molecule has 6 heteroatoms. The van der Waals surface area contributed by atoms with Gasteiger partial charge in [0.25, 0.3) is 0 Å². The van der Waals surface area contributed by atoms with E-state index in [1.165, 1.54) is 25.7 Å². The molecule has 1 heterocycles. The van der Waals surface area contributed by atoms with Crippen molar-refractivity contribution in [2.45, 2.75) is 38.5 Å². The fourth-order valence-corrected chi connectivity index (χ4v) is 4.09. The first-order chi connectivity index (χ1) is 11.1. The van der Waals surface area contributed by atoms with E-state index < -0.39 is 11.9 Å². The number of hydrogen-bond acceptors (Lipinski definition) is 2. The van der Waals surface area contributed by atoms with Crippen LogP contribution in [0.3, 0.4) is 0 Å². The van der Waals surface area contributed by atoms with Gasteiger partial charge in [-0.05, 0) is 36.7 Å². The number of rotatable bonds is 5. The van der Waals surface area contributed by atoms with Crippen molar-refractivity contribution in [2.24, 2.45) is 17.8 Å². The average molecular weight is 396 g/mol. The largest absolute Gasteiger partial charge is 2.00 e. The zero-order valence-electron chi connectivity index (χ0n) is 14.9. The Kier molecular flexibility index (Phi) is 10.9. The SMILES string of the molecule is O=C(O)[C@H](CC(=O)N1C[C@H]2CCCC[C@H]2C1)Cc1ccccc1.[Ca+2].[Ca+2]. The summed E-state index contributed by atoms with van der Waals surface area (Å²) in [6.07, 6.45) is 5.53. The second-order valence-electron chi connectivity index (χ2n) is 7.03. The molecule has 0 radical (unpaired) electrons. The van der Waals surface area contributed by atoms with E-state index >= 15 is 0 Å². The number of carbonyl (C=O) groups excluding carboxylic acids is 1. The van der Waals surface area contributed by atoms with Crippen molar-refractivity contribution in [2.75, 3.05) is 13.1 Å². The zero-order valence-corrected chi connectivity index (χ0v) is 19.3. The molecule has 0 bridgehead atoms. The molecule has 1 N–H and O–H groups in total. The first-order valence-corrected chi connectivity index (χ1v) is 8.68. The molecule has 0 unspecified atom stereocenters. The number of carboxylic acid groups (broad SMARTS) is 1. The number of nitrogens with zero attached hydrogens (tertiary/aromatic N) is 1. The Morgan fingerprint density at radius 2 is 1.60 bits per heavy atom. The first-order valence-electron chi connectivity index (χ1n) is 8.68. The topological polar surface area (TPSA) is 57.6 Å². The standard InChI is InChI=1S/C19H25NO3.2Ca/c21-18(20-12-15-8-4-5-9-16(15)13-20)11-17(19(22)23)10-14-6-2-1-3-7-14;;/h1-3,6-7,15-17H,4-5,8-13H2,(H,22,23);;/q;2*+2/t15-,16+,17-;;/m0../s1. The summed E-state index contributed by atoms with van der Waals surface area (Å²) in [7, 11) is 0. The van der Waals surface area contributed by atoms with Crippen LogP contribution >= 0.6 is 0 Å². The molecule has 3 rings (SSSR count). The van der Waals surface area contributed by atoms with E-state index in [9.17, 15) is 14.7 Å². The van der Waals surface area contributed by atoms with Gasteiger partial charge < -0.3 is 10.0 Å². The molecule has 25 heavy (non-hydrogen) atoms. The summed E-state index contributed by atoms with van der Waals surface area (Å²) in [4.78, 5) is 26.0. The number of hydrogen-bond donors (Lipinski definition) is 1. The van der Waals surface area contributed by atoms with Crippen molar-refractivity contribution in [1.29, 1.82) is 0 Å². The number of likely N-dealkylation sites (tertiary alicyclic amines) is 1. The summed E-state index contributed by atoms with van der Waals surface area (Å²) in [6.45, 7) is 1.67. The molecule has 1 aromatic rings. The maximum atomic E-state index is 12.6. The summed E-state index contributed by atoms with van der Waals surface area (Å²) < 4.78 is 0. The van der Waals surface area contributed by atoms with E-state index in [2.05, 4.69) is 0 Å². The van der Waals surface area contributed by atoms with Gasteiger partial charge in [-0.1, -0.05) is 43.2 Å². The molecular weight excluding hydrogens is 370 g/mol. The van der Waals surface area contributed by atoms with Gasteiger partial charge in [-0.3, -0.25) is 9.59 Å². The van der Waals surface area contributed by atoms with Crippen molar-refractivity contribution in [3.63, 3.8) is 0 Å². The number of amides is 1. The minimum Gasteiger partial charge on any atom is -0.481 e. The van der Waals surface area contributed by atoms with Crippen molar-refractivity contribution in [1.82, 2.24) is 4.90 Å². The van der Waals surface area contributed by atoms with Crippen molar-refractivity contribution in [3.8, 4) is 0 Å². The summed E-state index contributed by atoms with van der Waals surface area (Å²) in [5.41, 5.74) is 0.975. The maximum absolute atomic E-state index is 12.6.